The Morgan fingerprint density at radius 2 is 1.61 bits per heavy atom. The standard InChI is InChI=1S/C16H18FNO4S/c1-11(12-4-6-13(17)7-5-12)18-23(19,20)14-8-9-15(21-2)16(10-14)22-3/h4-11,18H,1-3H3/t11-/m1/s1. The van der Waals surface area contributed by atoms with Gasteiger partial charge in [-0.3, -0.25) is 0 Å². The number of methoxy groups -OCH3 is 2. The van der Waals surface area contributed by atoms with Gasteiger partial charge in [0.05, 0.1) is 19.1 Å². The SMILES string of the molecule is COc1ccc(S(=O)(=O)N[C@H](C)c2ccc(F)cc2)cc1OC. The third-order valence-electron chi connectivity index (χ3n) is 3.37. The van der Waals surface area contributed by atoms with Gasteiger partial charge in [0.15, 0.2) is 11.5 Å². The molecule has 0 radical (unpaired) electrons. The summed E-state index contributed by atoms with van der Waals surface area (Å²) in [6, 6.07) is 9.49. The first-order valence-electron chi connectivity index (χ1n) is 6.87. The third-order valence-corrected chi connectivity index (χ3v) is 4.91. The van der Waals surface area contributed by atoms with Gasteiger partial charge in [0, 0.05) is 12.1 Å². The van der Waals surface area contributed by atoms with Crippen LogP contribution in [0.25, 0.3) is 0 Å². The monoisotopic (exact) mass is 339 g/mol. The molecule has 0 heterocycles. The van der Waals surface area contributed by atoms with Crippen LogP contribution >= 0.6 is 0 Å². The molecule has 0 amide bonds. The predicted octanol–water partition coefficient (Wildman–Crippen LogP) is 2.88. The number of halogens is 1. The van der Waals surface area contributed by atoms with Crippen molar-refractivity contribution in [1.29, 1.82) is 0 Å². The fourth-order valence-corrected chi connectivity index (χ4v) is 3.35. The summed E-state index contributed by atoms with van der Waals surface area (Å²) in [5, 5.41) is 0. The number of sulfonamides is 1. The molecule has 124 valence electrons. The van der Waals surface area contributed by atoms with Crippen molar-refractivity contribution in [2.75, 3.05) is 14.2 Å². The summed E-state index contributed by atoms with van der Waals surface area (Å²) in [7, 11) is -0.848. The van der Waals surface area contributed by atoms with Gasteiger partial charge >= 0.3 is 0 Å². The second-order valence-corrected chi connectivity index (χ2v) is 6.63. The van der Waals surface area contributed by atoms with Gasteiger partial charge in [-0.15, -0.1) is 0 Å². The molecule has 0 unspecified atom stereocenters. The molecule has 1 atom stereocenters. The molecule has 2 aromatic rings. The Labute approximate surface area is 135 Å². The Kier molecular flexibility index (Phi) is 5.23. The first-order chi connectivity index (χ1) is 10.9. The molecule has 0 aliphatic heterocycles. The van der Waals surface area contributed by atoms with Gasteiger partial charge in [-0.2, -0.15) is 0 Å². The van der Waals surface area contributed by atoms with Crippen molar-refractivity contribution in [2.45, 2.75) is 17.9 Å². The van der Waals surface area contributed by atoms with Crippen LogP contribution < -0.4 is 14.2 Å². The fraction of sp³-hybridized carbons (Fsp3) is 0.250. The molecule has 7 heteroatoms. The zero-order chi connectivity index (χ0) is 17.0. The quantitative estimate of drug-likeness (QED) is 0.879. The summed E-state index contributed by atoms with van der Waals surface area (Å²) in [5.41, 5.74) is 0.662. The molecule has 0 fully saturated rings. The average molecular weight is 339 g/mol. The number of ether oxygens (including phenoxy) is 2. The van der Waals surface area contributed by atoms with Crippen LogP contribution in [0.2, 0.25) is 0 Å². The Hall–Kier alpha value is -2.12. The first kappa shape index (κ1) is 17.2. The van der Waals surface area contributed by atoms with Crippen molar-refractivity contribution < 1.29 is 22.3 Å². The molecule has 0 aliphatic rings. The summed E-state index contributed by atoms with van der Waals surface area (Å²) < 4.78 is 50.6. The van der Waals surface area contributed by atoms with Gasteiger partial charge in [0.1, 0.15) is 5.82 Å². The molecular weight excluding hydrogens is 321 g/mol. The molecule has 0 spiro atoms. The number of rotatable bonds is 6. The summed E-state index contributed by atoms with van der Waals surface area (Å²) in [6.45, 7) is 1.69. The molecule has 23 heavy (non-hydrogen) atoms. The zero-order valence-electron chi connectivity index (χ0n) is 13.0. The molecule has 0 aliphatic carbocycles. The summed E-state index contributed by atoms with van der Waals surface area (Å²) in [6.07, 6.45) is 0. The first-order valence-corrected chi connectivity index (χ1v) is 8.35. The predicted molar refractivity (Wildman–Crippen MR) is 84.7 cm³/mol. The highest BCUT2D eigenvalue weighted by atomic mass is 32.2. The van der Waals surface area contributed by atoms with Crippen LogP contribution in [0.1, 0.15) is 18.5 Å². The Balaban J connectivity index is 2.26. The zero-order valence-corrected chi connectivity index (χ0v) is 13.9. The molecular formula is C16H18FNO4S. The minimum Gasteiger partial charge on any atom is -0.493 e. The van der Waals surface area contributed by atoms with Crippen LogP contribution in [-0.4, -0.2) is 22.6 Å². The molecule has 1 N–H and O–H groups in total. The van der Waals surface area contributed by atoms with Crippen molar-refractivity contribution in [3.05, 3.63) is 53.8 Å². The van der Waals surface area contributed by atoms with Crippen LogP contribution in [0.4, 0.5) is 4.39 Å². The number of benzene rings is 2. The lowest BCUT2D eigenvalue weighted by Crippen LogP contribution is -2.26. The number of nitrogens with one attached hydrogen (secondary N) is 1. The van der Waals surface area contributed by atoms with E-state index >= 15 is 0 Å². The number of hydrogen-bond acceptors (Lipinski definition) is 4. The van der Waals surface area contributed by atoms with Crippen molar-refractivity contribution in [3.8, 4) is 11.5 Å². The molecule has 0 saturated carbocycles. The molecule has 0 aromatic heterocycles. The third kappa shape index (κ3) is 4.00. The normalized spacial score (nSPS) is 12.7. The Morgan fingerprint density at radius 3 is 2.17 bits per heavy atom. The number of hydrogen-bond donors (Lipinski definition) is 1. The van der Waals surface area contributed by atoms with Crippen LogP contribution in [0.5, 0.6) is 11.5 Å². The highest BCUT2D eigenvalue weighted by molar-refractivity contribution is 7.89. The molecule has 0 saturated heterocycles. The van der Waals surface area contributed by atoms with Crippen LogP contribution in [-0.2, 0) is 10.0 Å². The maximum Gasteiger partial charge on any atom is 0.241 e. The second-order valence-electron chi connectivity index (χ2n) is 4.91. The van der Waals surface area contributed by atoms with Crippen molar-refractivity contribution in [3.63, 3.8) is 0 Å². The molecule has 2 aromatic carbocycles. The van der Waals surface area contributed by atoms with E-state index in [1.165, 1.54) is 56.7 Å². The average Bonchev–Trinajstić information content (AvgIpc) is 2.54. The lowest BCUT2D eigenvalue weighted by atomic mass is 10.1. The van der Waals surface area contributed by atoms with Crippen molar-refractivity contribution >= 4 is 10.0 Å². The van der Waals surface area contributed by atoms with Gasteiger partial charge in [-0.25, -0.2) is 17.5 Å². The van der Waals surface area contributed by atoms with Crippen molar-refractivity contribution in [1.82, 2.24) is 4.72 Å². The lowest BCUT2D eigenvalue weighted by Gasteiger charge is -2.16. The van der Waals surface area contributed by atoms with E-state index in [2.05, 4.69) is 4.72 Å². The van der Waals surface area contributed by atoms with Crippen LogP contribution in [0.15, 0.2) is 47.4 Å². The highest BCUT2D eigenvalue weighted by Gasteiger charge is 2.20. The smallest absolute Gasteiger partial charge is 0.241 e. The topological polar surface area (TPSA) is 64.6 Å². The molecule has 0 bridgehead atoms. The lowest BCUT2D eigenvalue weighted by molar-refractivity contribution is 0.354. The summed E-state index contributed by atoms with van der Waals surface area (Å²) in [5.74, 6) is 0.395. The van der Waals surface area contributed by atoms with Gasteiger partial charge in [0.2, 0.25) is 10.0 Å². The van der Waals surface area contributed by atoms with Gasteiger partial charge < -0.3 is 9.47 Å². The van der Waals surface area contributed by atoms with E-state index in [0.717, 1.165) is 0 Å². The van der Waals surface area contributed by atoms with Gasteiger partial charge in [-0.05, 0) is 36.8 Å². The minimum absolute atomic E-state index is 0.0594. The minimum atomic E-state index is -3.75. The summed E-state index contributed by atoms with van der Waals surface area (Å²) >= 11 is 0. The summed E-state index contributed by atoms with van der Waals surface area (Å²) in [4.78, 5) is 0.0594. The van der Waals surface area contributed by atoms with Crippen molar-refractivity contribution in [2.24, 2.45) is 0 Å². The highest BCUT2D eigenvalue weighted by Crippen LogP contribution is 2.29. The largest absolute Gasteiger partial charge is 0.493 e. The Morgan fingerprint density at radius 1 is 1.00 bits per heavy atom. The van der Waals surface area contributed by atoms with E-state index in [0.29, 0.717) is 17.1 Å². The fourth-order valence-electron chi connectivity index (χ4n) is 2.10. The van der Waals surface area contributed by atoms with Crippen LogP contribution in [0, 0.1) is 5.82 Å². The molecule has 5 nitrogen and oxygen atoms in total. The van der Waals surface area contributed by atoms with E-state index in [-0.39, 0.29) is 10.7 Å². The maximum atomic E-state index is 12.9. The van der Waals surface area contributed by atoms with E-state index in [1.54, 1.807) is 6.92 Å². The maximum absolute atomic E-state index is 12.9. The van der Waals surface area contributed by atoms with Gasteiger partial charge in [-0.1, -0.05) is 12.1 Å². The molecule has 2 rings (SSSR count). The van der Waals surface area contributed by atoms with Crippen LogP contribution in [0.3, 0.4) is 0 Å². The van der Waals surface area contributed by atoms with E-state index in [9.17, 15) is 12.8 Å². The Bertz CT molecular complexity index is 775. The second kappa shape index (κ2) is 6.97. The van der Waals surface area contributed by atoms with E-state index < -0.39 is 16.1 Å². The van der Waals surface area contributed by atoms with E-state index in [1.807, 2.05) is 0 Å². The van der Waals surface area contributed by atoms with Gasteiger partial charge in [0.25, 0.3) is 0 Å². The van der Waals surface area contributed by atoms with E-state index in [4.69, 9.17) is 9.47 Å².